The van der Waals surface area contributed by atoms with Crippen LogP contribution in [-0.2, 0) is 0 Å². The summed E-state index contributed by atoms with van der Waals surface area (Å²) in [4.78, 5) is 9.96. The van der Waals surface area contributed by atoms with Gasteiger partial charge in [-0.05, 0) is 23.0 Å². The van der Waals surface area contributed by atoms with Crippen LogP contribution >= 0.6 is 22.9 Å². The third-order valence-corrected chi connectivity index (χ3v) is 3.28. The fraction of sp³-hybridized carbons (Fsp3) is 0.400. The van der Waals surface area contributed by atoms with Gasteiger partial charge >= 0.3 is 0 Å². The van der Waals surface area contributed by atoms with E-state index in [4.69, 9.17) is 16.7 Å². The zero-order valence-electron chi connectivity index (χ0n) is 9.18. The molecule has 0 aliphatic heterocycles. The van der Waals surface area contributed by atoms with E-state index >= 15 is 0 Å². The first kappa shape index (κ1) is 13.4. The molecule has 4 nitrogen and oxygen atoms in total. The number of rotatable bonds is 5. The molecule has 2 aromatic heterocycles. The van der Waals surface area contributed by atoms with Gasteiger partial charge < -0.3 is 10.0 Å². The highest BCUT2D eigenvalue weighted by Crippen LogP contribution is 2.29. The maximum absolute atomic E-state index is 12.5. The highest BCUT2D eigenvalue weighted by molar-refractivity contribution is 7.16. The average Bonchev–Trinajstić information content (AvgIpc) is 2.74. The van der Waals surface area contributed by atoms with Crippen LogP contribution in [0, 0.1) is 0 Å². The molecule has 0 radical (unpaired) electrons. The van der Waals surface area contributed by atoms with E-state index in [1.807, 2.05) is 0 Å². The lowest BCUT2D eigenvalue weighted by Crippen LogP contribution is -2.32. The van der Waals surface area contributed by atoms with Gasteiger partial charge in [0.1, 0.15) is 10.6 Å². The number of nitrogens with zero attached hydrogens (tertiary/aromatic N) is 3. The summed E-state index contributed by atoms with van der Waals surface area (Å²) in [6.07, 6.45) is -2.51. The number of halogens is 3. The van der Waals surface area contributed by atoms with Gasteiger partial charge in [0.15, 0.2) is 0 Å². The Bertz CT molecular complexity index is 537. The predicted molar refractivity (Wildman–Crippen MR) is 67.7 cm³/mol. The summed E-state index contributed by atoms with van der Waals surface area (Å²) in [5, 5.41) is 11.4. The third kappa shape index (κ3) is 2.85. The van der Waals surface area contributed by atoms with E-state index in [-0.39, 0.29) is 18.4 Å². The largest absolute Gasteiger partial charge is 0.395 e. The minimum atomic E-state index is -2.51. The van der Waals surface area contributed by atoms with Crippen molar-refractivity contribution in [3.63, 3.8) is 0 Å². The molecule has 1 N–H and O–H groups in total. The van der Waals surface area contributed by atoms with E-state index in [9.17, 15) is 8.78 Å². The minimum Gasteiger partial charge on any atom is -0.395 e. The van der Waals surface area contributed by atoms with Gasteiger partial charge in [-0.15, -0.1) is 11.3 Å². The zero-order valence-corrected chi connectivity index (χ0v) is 10.8. The van der Waals surface area contributed by atoms with E-state index in [2.05, 4.69) is 9.97 Å². The maximum Gasteiger partial charge on any atom is 0.255 e. The first-order chi connectivity index (χ1) is 8.61. The molecular weight excluding hydrogens is 284 g/mol. The van der Waals surface area contributed by atoms with Crippen LogP contribution in [0.5, 0.6) is 0 Å². The molecule has 0 unspecified atom stereocenters. The Balaban J connectivity index is 2.44. The van der Waals surface area contributed by atoms with Crippen molar-refractivity contribution in [2.24, 2.45) is 0 Å². The average molecular weight is 294 g/mol. The van der Waals surface area contributed by atoms with Gasteiger partial charge in [-0.2, -0.15) is 4.98 Å². The Kier molecular flexibility index (Phi) is 4.26. The van der Waals surface area contributed by atoms with Gasteiger partial charge in [-0.1, -0.05) is 0 Å². The summed E-state index contributed by atoms with van der Waals surface area (Å²) in [6, 6.07) is 1.75. The van der Waals surface area contributed by atoms with Crippen molar-refractivity contribution in [2.45, 2.75) is 6.43 Å². The number of hydrogen-bond donors (Lipinski definition) is 1. The normalized spacial score (nSPS) is 11.4. The Morgan fingerprint density at radius 2 is 2.22 bits per heavy atom. The van der Waals surface area contributed by atoms with E-state index < -0.39 is 13.0 Å². The second-order valence-corrected chi connectivity index (χ2v) is 4.75. The number of anilines is 1. The zero-order chi connectivity index (χ0) is 13.1. The summed E-state index contributed by atoms with van der Waals surface area (Å²) in [6.45, 7) is -0.665. The molecule has 2 aromatic rings. The number of aliphatic hydroxyl groups excluding tert-OH is 1. The molecule has 0 amide bonds. The Morgan fingerprint density at radius 3 is 2.89 bits per heavy atom. The van der Waals surface area contributed by atoms with Gasteiger partial charge in [0, 0.05) is 6.54 Å². The molecule has 0 atom stereocenters. The monoisotopic (exact) mass is 293 g/mol. The Labute approximate surface area is 111 Å². The van der Waals surface area contributed by atoms with Gasteiger partial charge in [0.05, 0.1) is 18.5 Å². The molecule has 0 spiro atoms. The Morgan fingerprint density at radius 1 is 1.44 bits per heavy atom. The molecule has 0 saturated heterocycles. The van der Waals surface area contributed by atoms with Crippen molar-refractivity contribution < 1.29 is 13.9 Å². The van der Waals surface area contributed by atoms with Crippen LogP contribution in [0.15, 0.2) is 11.4 Å². The van der Waals surface area contributed by atoms with Crippen molar-refractivity contribution in [1.82, 2.24) is 9.97 Å². The quantitative estimate of drug-likeness (QED) is 0.860. The maximum atomic E-state index is 12.5. The van der Waals surface area contributed by atoms with E-state index in [1.54, 1.807) is 11.4 Å². The SMILES string of the molecule is OCCN(CC(F)F)c1nc(Cl)nc2sccc12. The summed E-state index contributed by atoms with van der Waals surface area (Å²) in [5.41, 5.74) is 0. The van der Waals surface area contributed by atoms with Crippen LogP contribution in [0.2, 0.25) is 5.28 Å². The second kappa shape index (κ2) is 5.73. The first-order valence-electron chi connectivity index (χ1n) is 5.16. The van der Waals surface area contributed by atoms with Gasteiger partial charge in [0.25, 0.3) is 6.43 Å². The molecule has 0 bridgehead atoms. The van der Waals surface area contributed by atoms with Crippen molar-refractivity contribution in [3.8, 4) is 0 Å². The molecule has 8 heteroatoms. The summed E-state index contributed by atoms with van der Waals surface area (Å²) >= 11 is 7.13. The number of alkyl halides is 2. The number of aliphatic hydroxyl groups is 1. The fourth-order valence-corrected chi connectivity index (χ4v) is 2.60. The van der Waals surface area contributed by atoms with Crippen LogP contribution < -0.4 is 4.90 Å². The number of fused-ring (bicyclic) bond motifs is 1. The third-order valence-electron chi connectivity index (χ3n) is 2.31. The number of hydrogen-bond acceptors (Lipinski definition) is 5. The minimum absolute atomic E-state index is 0.0113. The van der Waals surface area contributed by atoms with Crippen LogP contribution in [0.1, 0.15) is 0 Å². The smallest absolute Gasteiger partial charge is 0.255 e. The number of aromatic nitrogens is 2. The molecule has 0 aromatic carbocycles. The lowest BCUT2D eigenvalue weighted by molar-refractivity contribution is 0.152. The first-order valence-corrected chi connectivity index (χ1v) is 6.42. The lowest BCUT2D eigenvalue weighted by atomic mass is 10.3. The molecule has 0 aliphatic rings. The van der Waals surface area contributed by atoms with Gasteiger partial charge in [0.2, 0.25) is 5.28 Å². The molecule has 2 rings (SSSR count). The molecule has 0 aliphatic carbocycles. The van der Waals surface area contributed by atoms with Gasteiger partial charge in [-0.25, -0.2) is 13.8 Å². The predicted octanol–water partition coefficient (Wildman–Crippen LogP) is 2.41. The highest BCUT2D eigenvalue weighted by Gasteiger charge is 2.18. The summed E-state index contributed by atoms with van der Waals surface area (Å²) in [7, 11) is 0. The molecule has 2 heterocycles. The fourth-order valence-electron chi connectivity index (χ4n) is 1.63. The van der Waals surface area contributed by atoms with Crippen LogP contribution in [0.4, 0.5) is 14.6 Å². The molecular formula is C10H10ClF2N3OS. The highest BCUT2D eigenvalue weighted by atomic mass is 35.5. The second-order valence-electron chi connectivity index (χ2n) is 3.52. The van der Waals surface area contributed by atoms with Crippen molar-refractivity contribution in [3.05, 3.63) is 16.7 Å². The van der Waals surface area contributed by atoms with Crippen molar-refractivity contribution in [2.75, 3.05) is 24.6 Å². The van der Waals surface area contributed by atoms with E-state index in [0.717, 1.165) is 0 Å². The van der Waals surface area contributed by atoms with Gasteiger partial charge in [-0.3, -0.25) is 0 Å². The van der Waals surface area contributed by atoms with E-state index in [0.29, 0.717) is 16.0 Å². The van der Waals surface area contributed by atoms with E-state index in [1.165, 1.54) is 16.2 Å². The molecule has 18 heavy (non-hydrogen) atoms. The lowest BCUT2D eigenvalue weighted by Gasteiger charge is -2.22. The molecule has 0 saturated carbocycles. The standard InChI is InChI=1S/C10H10ClF2N3OS/c11-10-14-8(6-1-4-18-9(6)15-10)16(2-3-17)5-7(12)13/h1,4,7,17H,2-3,5H2. The molecule has 98 valence electrons. The van der Waals surface area contributed by atoms with Crippen molar-refractivity contribution >= 4 is 39.0 Å². The van der Waals surface area contributed by atoms with Crippen LogP contribution in [0.3, 0.4) is 0 Å². The van der Waals surface area contributed by atoms with Crippen LogP contribution in [-0.4, -0.2) is 41.2 Å². The Hall–Kier alpha value is -1.05. The molecule has 0 fully saturated rings. The topological polar surface area (TPSA) is 49.2 Å². The number of thiophene rings is 1. The summed E-state index contributed by atoms with van der Waals surface area (Å²) < 4.78 is 25.0. The van der Waals surface area contributed by atoms with Crippen LogP contribution in [0.25, 0.3) is 10.2 Å². The van der Waals surface area contributed by atoms with Crippen molar-refractivity contribution in [1.29, 1.82) is 0 Å². The summed E-state index contributed by atoms with van der Waals surface area (Å²) in [5.74, 6) is 0.334.